The lowest BCUT2D eigenvalue weighted by atomic mass is 9.96. The molecule has 2 rings (SSSR count). The van der Waals surface area contributed by atoms with Crippen LogP contribution in [0.2, 0.25) is 0 Å². The van der Waals surface area contributed by atoms with Crippen molar-refractivity contribution in [1.82, 2.24) is 5.32 Å². The third-order valence-corrected chi connectivity index (χ3v) is 3.98. The Morgan fingerprint density at radius 2 is 1.90 bits per heavy atom. The first-order chi connectivity index (χ1) is 10.1. The van der Waals surface area contributed by atoms with Gasteiger partial charge in [-0.05, 0) is 56.5 Å². The highest BCUT2D eigenvalue weighted by molar-refractivity contribution is 5.49. The molecular weight excluding hydrogens is 262 g/mol. The van der Waals surface area contributed by atoms with Crippen molar-refractivity contribution < 1.29 is 9.15 Å². The van der Waals surface area contributed by atoms with Gasteiger partial charge in [0, 0.05) is 5.56 Å². The summed E-state index contributed by atoms with van der Waals surface area (Å²) in [5, 5.41) is 3.58. The number of hydrogen-bond donors (Lipinski definition) is 1. The molecular formula is C18H25NO2. The summed E-state index contributed by atoms with van der Waals surface area (Å²) < 4.78 is 11.4. The van der Waals surface area contributed by atoms with Gasteiger partial charge in [0.05, 0.1) is 19.4 Å². The highest BCUT2D eigenvalue weighted by Gasteiger charge is 2.23. The number of rotatable bonds is 6. The van der Waals surface area contributed by atoms with Crippen molar-refractivity contribution in [3.63, 3.8) is 0 Å². The van der Waals surface area contributed by atoms with Gasteiger partial charge in [-0.2, -0.15) is 0 Å². The number of methoxy groups -OCH3 is 1. The van der Waals surface area contributed by atoms with Crippen LogP contribution in [-0.2, 0) is 0 Å². The first-order valence-corrected chi connectivity index (χ1v) is 7.51. The molecule has 0 amide bonds. The molecule has 0 saturated heterocycles. The standard InChI is InChI=1S/C18H25NO2/c1-6-10-19-16(17-13(3)9-11-21-17)15-8-7-12(2)14(4)18(15)20-5/h7-9,11,16,19H,6,10H2,1-5H3. The fourth-order valence-corrected chi connectivity index (χ4v) is 2.62. The summed E-state index contributed by atoms with van der Waals surface area (Å²) in [6.45, 7) is 9.38. The van der Waals surface area contributed by atoms with E-state index >= 15 is 0 Å². The number of aryl methyl sites for hydroxylation is 2. The monoisotopic (exact) mass is 287 g/mol. The predicted molar refractivity (Wildman–Crippen MR) is 86.0 cm³/mol. The Morgan fingerprint density at radius 1 is 1.14 bits per heavy atom. The number of nitrogens with one attached hydrogen (secondary N) is 1. The zero-order valence-corrected chi connectivity index (χ0v) is 13.6. The minimum Gasteiger partial charge on any atom is -0.496 e. The van der Waals surface area contributed by atoms with E-state index in [-0.39, 0.29) is 6.04 Å². The predicted octanol–water partition coefficient (Wildman–Crippen LogP) is 4.30. The van der Waals surface area contributed by atoms with Crippen LogP contribution >= 0.6 is 0 Å². The second-order valence-corrected chi connectivity index (χ2v) is 5.48. The first-order valence-electron chi connectivity index (χ1n) is 7.51. The van der Waals surface area contributed by atoms with Gasteiger partial charge in [0.1, 0.15) is 11.5 Å². The van der Waals surface area contributed by atoms with Crippen LogP contribution < -0.4 is 10.1 Å². The zero-order chi connectivity index (χ0) is 15.4. The molecule has 0 radical (unpaired) electrons. The Morgan fingerprint density at radius 3 is 2.48 bits per heavy atom. The molecule has 0 aliphatic heterocycles. The van der Waals surface area contributed by atoms with Gasteiger partial charge in [0.2, 0.25) is 0 Å². The van der Waals surface area contributed by atoms with E-state index in [9.17, 15) is 0 Å². The smallest absolute Gasteiger partial charge is 0.128 e. The molecule has 0 fully saturated rings. The van der Waals surface area contributed by atoms with Crippen molar-refractivity contribution in [3.05, 3.63) is 52.5 Å². The molecule has 0 saturated carbocycles. The Hall–Kier alpha value is -1.74. The van der Waals surface area contributed by atoms with Crippen LogP contribution in [0.5, 0.6) is 5.75 Å². The molecule has 0 aliphatic carbocycles. The van der Waals surface area contributed by atoms with E-state index < -0.39 is 0 Å². The quantitative estimate of drug-likeness (QED) is 0.860. The highest BCUT2D eigenvalue weighted by atomic mass is 16.5. The minimum absolute atomic E-state index is 0.0224. The molecule has 1 unspecified atom stereocenters. The maximum atomic E-state index is 5.73. The van der Waals surface area contributed by atoms with E-state index in [2.05, 4.69) is 45.1 Å². The highest BCUT2D eigenvalue weighted by Crippen LogP contribution is 2.35. The summed E-state index contributed by atoms with van der Waals surface area (Å²) in [7, 11) is 1.73. The first kappa shape index (κ1) is 15.6. The summed E-state index contributed by atoms with van der Waals surface area (Å²) in [4.78, 5) is 0. The van der Waals surface area contributed by atoms with Crippen LogP contribution in [-0.4, -0.2) is 13.7 Å². The van der Waals surface area contributed by atoms with Crippen LogP contribution in [0.15, 0.2) is 28.9 Å². The maximum Gasteiger partial charge on any atom is 0.128 e. The van der Waals surface area contributed by atoms with Crippen LogP contribution in [0, 0.1) is 20.8 Å². The molecule has 0 bridgehead atoms. The van der Waals surface area contributed by atoms with Gasteiger partial charge in [-0.15, -0.1) is 0 Å². The van der Waals surface area contributed by atoms with Gasteiger partial charge in [-0.1, -0.05) is 19.1 Å². The Bertz CT molecular complexity index is 601. The van der Waals surface area contributed by atoms with Crippen LogP contribution in [0.3, 0.4) is 0 Å². The Balaban J connectivity index is 2.51. The lowest BCUT2D eigenvalue weighted by molar-refractivity contribution is 0.388. The van der Waals surface area contributed by atoms with Crippen LogP contribution in [0.4, 0.5) is 0 Å². The number of ether oxygens (including phenoxy) is 1. The van der Waals surface area contributed by atoms with E-state index in [1.165, 1.54) is 11.1 Å². The van der Waals surface area contributed by atoms with E-state index in [1.807, 2.05) is 6.07 Å². The molecule has 3 heteroatoms. The Labute approximate surface area is 127 Å². The summed E-state index contributed by atoms with van der Waals surface area (Å²) in [6.07, 6.45) is 2.82. The van der Waals surface area contributed by atoms with Gasteiger partial charge in [-0.25, -0.2) is 0 Å². The van der Waals surface area contributed by atoms with Gasteiger partial charge in [0.25, 0.3) is 0 Å². The molecule has 1 heterocycles. The van der Waals surface area contributed by atoms with E-state index in [4.69, 9.17) is 9.15 Å². The van der Waals surface area contributed by atoms with Crippen molar-refractivity contribution in [1.29, 1.82) is 0 Å². The van der Waals surface area contributed by atoms with Crippen molar-refractivity contribution in [2.45, 2.75) is 40.2 Å². The Kier molecular flexibility index (Phi) is 5.07. The topological polar surface area (TPSA) is 34.4 Å². The second-order valence-electron chi connectivity index (χ2n) is 5.48. The molecule has 3 nitrogen and oxygen atoms in total. The summed E-state index contributed by atoms with van der Waals surface area (Å²) in [5.41, 5.74) is 4.71. The van der Waals surface area contributed by atoms with Gasteiger partial charge in [-0.3, -0.25) is 0 Å². The SMILES string of the molecule is CCCNC(c1ccc(C)c(C)c1OC)c1occc1C. The summed E-state index contributed by atoms with van der Waals surface area (Å²) in [6, 6.07) is 6.31. The van der Waals surface area contributed by atoms with Crippen LogP contribution in [0.1, 0.15) is 47.4 Å². The largest absolute Gasteiger partial charge is 0.496 e. The fourth-order valence-electron chi connectivity index (χ4n) is 2.62. The molecule has 114 valence electrons. The molecule has 1 aromatic carbocycles. The van der Waals surface area contributed by atoms with Crippen LogP contribution in [0.25, 0.3) is 0 Å². The lowest BCUT2D eigenvalue weighted by Gasteiger charge is -2.22. The van der Waals surface area contributed by atoms with Crippen molar-refractivity contribution in [3.8, 4) is 5.75 Å². The average molecular weight is 287 g/mol. The van der Waals surface area contributed by atoms with Gasteiger partial charge < -0.3 is 14.5 Å². The molecule has 1 N–H and O–H groups in total. The molecule has 2 aromatic rings. The minimum atomic E-state index is 0.0224. The number of furan rings is 1. The molecule has 1 aromatic heterocycles. The van der Waals surface area contributed by atoms with Gasteiger partial charge in [0.15, 0.2) is 0 Å². The van der Waals surface area contributed by atoms with E-state index in [0.717, 1.165) is 35.6 Å². The van der Waals surface area contributed by atoms with E-state index in [1.54, 1.807) is 13.4 Å². The maximum absolute atomic E-state index is 5.73. The second kappa shape index (κ2) is 6.81. The summed E-state index contributed by atoms with van der Waals surface area (Å²) in [5.74, 6) is 1.91. The molecule has 1 atom stereocenters. The normalized spacial score (nSPS) is 12.4. The average Bonchev–Trinajstić information content (AvgIpc) is 2.89. The fraction of sp³-hybridized carbons (Fsp3) is 0.444. The van der Waals surface area contributed by atoms with Gasteiger partial charge >= 0.3 is 0 Å². The van der Waals surface area contributed by atoms with Crippen molar-refractivity contribution >= 4 is 0 Å². The van der Waals surface area contributed by atoms with Crippen molar-refractivity contribution in [2.75, 3.05) is 13.7 Å². The lowest BCUT2D eigenvalue weighted by Crippen LogP contribution is -2.24. The third-order valence-electron chi connectivity index (χ3n) is 3.98. The third kappa shape index (κ3) is 3.13. The number of benzene rings is 1. The summed E-state index contributed by atoms with van der Waals surface area (Å²) >= 11 is 0. The number of hydrogen-bond acceptors (Lipinski definition) is 3. The zero-order valence-electron chi connectivity index (χ0n) is 13.6. The van der Waals surface area contributed by atoms with E-state index in [0.29, 0.717) is 0 Å². The molecule has 0 aliphatic rings. The molecule has 0 spiro atoms. The van der Waals surface area contributed by atoms with Crippen molar-refractivity contribution in [2.24, 2.45) is 0 Å². The molecule has 21 heavy (non-hydrogen) atoms.